The third-order valence-corrected chi connectivity index (χ3v) is 5.12. The first-order chi connectivity index (χ1) is 8.84. The maximum absolute atomic E-state index is 12.1. The summed E-state index contributed by atoms with van der Waals surface area (Å²) < 4.78 is 0. The minimum Gasteiger partial charge on any atom is -0.299 e. The van der Waals surface area contributed by atoms with Gasteiger partial charge < -0.3 is 0 Å². The fourth-order valence-electron chi connectivity index (χ4n) is 4.25. The van der Waals surface area contributed by atoms with Crippen LogP contribution >= 0.6 is 0 Å². The van der Waals surface area contributed by atoms with Gasteiger partial charge in [0.25, 0.3) is 0 Å². The molecule has 0 aromatic carbocycles. The van der Waals surface area contributed by atoms with E-state index < -0.39 is 0 Å². The maximum Gasteiger partial charge on any atom is 0.140 e. The summed E-state index contributed by atoms with van der Waals surface area (Å²) >= 11 is 0. The second kappa shape index (κ2) is 3.81. The van der Waals surface area contributed by atoms with Crippen molar-refractivity contribution in [3.8, 4) is 0 Å². The molecule has 92 valence electrons. The van der Waals surface area contributed by atoms with Crippen molar-refractivity contribution in [2.45, 2.75) is 32.1 Å². The summed E-state index contributed by atoms with van der Waals surface area (Å²) in [5.41, 5.74) is 4.39. The zero-order chi connectivity index (χ0) is 12.1. The number of fused-ring (bicyclic) bond motifs is 5. The predicted octanol–water partition coefficient (Wildman–Crippen LogP) is 3.74. The molecule has 0 aromatic heterocycles. The molecule has 2 saturated carbocycles. The molecule has 0 bridgehead atoms. The lowest BCUT2D eigenvalue weighted by Gasteiger charge is -2.39. The molecule has 4 aliphatic rings. The van der Waals surface area contributed by atoms with E-state index in [0.717, 1.165) is 12.8 Å². The minimum absolute atomic E-state index is 0.234. The Morgan fingerprint density at radius 2 is 1.94 bits per heavy atom. The van der Waals surface area contributed by atoms with Crippen LogP contribution in [-0.2, 0) is 4.79 Å². The Bertz CT molecular complexity index is 530. The maximum atomic E-state index is 12.1. The van der Waals surface area contributed by atoms with Gasteiger partial charge in [-0.1, -0.05) is 36.0 Å². The smallest absolute Gasteiger partial charge is 0.140 e. The van der Waals surface area contributed by atoms with Crippen molar-refractivity contribution in [1.29, 1.82) is 0 Å². The van der Waals surface area contributed by atoms with E-state index in [1.807, 2.05) is 0 Å². The number of carbonyl (C=O) groups is 1. The molecule has 0 spiro atoms. The first-order valence-corrected chi connectivity index (χ1v) is 7.15. The fraction of sp³-hybridized carbons (Fsp3) is 0.471. The molecule has 0 saturated heterocycles. The van der Waals surface area contributed by atoms with Gasteiger partial charge in [0.15, 0.2) is 0 Å². The van der Waals surface area contributed by atoms with Crippen molar-refractivity contribution in [2.24, 2.45) is 17.8 Å². The molecule has 2 fully saturated rings. The van der Waals surface area contributed by atoms with Crippen molar-refractivity contribution >= 4 is 5.78 Å². The third-order valence-electron chi connectivity index (χ3n) is 5.12. The van der Waals surface area contributed by atoms with Crippen LogP contribution in [0.3, 0.4) is 0 Å². The lowest BCUT2D eigenvalue weighted by Crippen LogP contribution is -2.31. The molecular weight excluding hydrogens is 220 g/mol. The zero-order valence-electron chi connectivity index (χ0n) is 10.6. The number of hydrogen-bond acceptors (Lipinski definition) is 1. The Morgan fingerprint density at radius 3 is 2.89 bits per heavy atom. The molecule has 0 radical (unpaired) electrons. The molecule has 0 aromatic rings. The minimum atomic E-state index is 0.234. The van der Waals surface area contributed by atoms with Gasteiger partial charge in [0.2, 0.25) is 0 Å². The summed E-state index contributed by atoms with van der Waals surface area (Å²) in [6.45, 7) is 0. The second-order valence-corrected chi connectivity index (χ2v) is 5.97. The summed E-state index contributed by atoms with van der Waals surface area (Å²) in [4.78, 5) is 12.1. The molecule has 0 aliphatic heterocycles. The average Bonchev–Trinajstić information content (AvgIpc) is 2.80. The van der Waals surface area contributed by atoms with E-state index in [1.165, 1.54) is 36.0 Å². The zero-order valence-corrected chi connectivity index (χ0v) is 10.6. The Labute approximate surface area is 108 Å². The lowest BCUT2D eigenvalue weighted by atomic mass is 9.65. The molecule has 1 nitrogen and oxygen atoms in total. The predicted molar refractivity (Wildman–Crippen MR) is 72.0 cm³/mol. The molecule has 4 rings (SSSR count). The quantitative estimate of drug-likeness (QED) is 0.628. The summed E-state index contributed by atoms with van der Waals surface area (Å²) in [6.07, 6.45) is 16.7. The third kappa shape index (κ3) is 1.36. The van der Waals surface area contributed by atoms with Gasteiger partial charge in [-0.2, -0.15) is 0 Å². The van der Waals surface area contributed by atoms with Gasteiger partial charge in [0.05, 0.1) is 0 Å². The largest absolute Gasteiger partial charge is 0.299 e. The van der Waals surface area contributed by atoms with Gasteiger partial charge in [-0.05, 0) is 48.7 Å². The van der Waals surface area contributed by atoms with Crippen molar-refractivity contribution in [1.82, 2.24) is 0 Å². The van der Waals surface area contributed by atoms with E-state index in [-0.39, 0.29) is 5.92 Å². The molecule has 3 atom stereocenters. The van der Waals surface area contributed by atoms with Crippen molar-refractivity contribution < 1.29 is 4.79 Å². The van der Waals surface area contributed by atoms with Crippen LogP contribution in [0.15, 0.2) is 47.1 Å². The van der Waals surface area contributed by atoms with Crippen molar-refractivity contribution in [2.75, 3.05) is 0 Å². The molecular formula is C17H18O. The summed E-state index contributed by atoms with van der Waals surface area (Å²) in [6, 6.07) is 0. The summed E-state index contributed by atoms with van der Waals surface area (Å²) in [7, 11) is 0. The molecule has 0 amide bonds. The highest BCUT2D eigenvalue weighted by Crippen LogP contribution is 2.50. The Hall–Kier alpha value is -1.37. The van der Waals surface area contributed by atoms with Crippen molar-refractivity contribution in [3.63, 3.8) is 0 Å². The number of rotatable bonds is 0. The topological polar surface area (TPSA) is 17.1 Å². The Morgan fingerprint density at radius 1 is 1.00 bits per heavy atom. The average molecular weight is 238 g/mol. The molecule has 3 unspecified atom stereocenters. The second-order valence-electron chi connectivity index (χ2n) is 5.97. The van der Waals surface area contributed by atoms with E-state index in [0.29, 0.717) is 17.6 Å². The summed E-state index contributed by atoms with van der Waals surface area (Å²) in [5.74, 6) is 1.93. The van der Waals surface area contributed by atoms with Crippen LogP contribution in [0, 0.1) is 17.8 Å². The lowest BCUT2D eigenvalue weighted by molar-refractivity contribution is -0.121. The van der Waals surface area contributed by atoms with Gasteiger partial charge in [-0.3, -0.25) is 4.79 Å². The molecule has 18 heavy (non-hydrogen) atoms. The number of carbonyl (C=O) groups excluding carboxylic acids is 1. The molecule has 0 N–H and O–H groups in total. The number of hydrogen-bond donors (Lipinski definition) is 0. The normalized spacial score (nSPS) is 37.2. The van der Waals surface area contributed by atoms with E-state index in [9.17, 15) is 4.79 Å². The number of allylic oxidation sites excluding steroid dienone is 8. The van der Waals surface area contributed by atoms with Crippen LogP contribution in [0.1, 0.15) is 32.1 Å². The number of ketones is 1. The standard InChI is InChI=1S/C17H18O/c18-16-10-7-12-6-8-14-13-4-2-1-3-11(13)5-9-15(14)17(12)16/h1-2,4,6,8,11,15,17H,3,5,7,9-10H2. The van der Waals surface area contributed by atoms with Crippen molar-refractivity contribution in [3.05, 3.63) is 47.1 Å². The summed E-state index contributed by atoms with van der Waals surface area (Å²) in [5, 5.41) is 0. The Balaban J connectivity index is 1.78. The molecule has 1 heteroatoms. The van der Waals surface area contributed by atoms with E-state index >= 15 is 0 Å². The van der Waals surface area contributed by atoms with E-state index in [1.54, 1.807) is 0 Å². The van der Waals surface area contributed by atoms with Crippen LogP contribution in [0.2, 0.25) is 0 Å². The first-order valence-electron chi connectivity index (χ1n) is 7.15. The molecule has 0 heterocycles. The van der Waals surface area contributed by atoms with Gasteiger partial charge in [0.1, 0.15) is 5.78 Å². The van der Waals surface area contributed by atoms with Crippen LogP contribution in [0.25, 0.3) is 0 Å². The molecule has 4 aliphatic carbocycles. The van der Waals surface area contributed by atoms with E-state index in [4.69, 9.17) is 0 Å². The first kappa shape index (κ1) is 10.5. The van der Waals surface area contributed by atoms with Crippen LogP contribution in [0.4, 0.5) is 0 Å². The Kier molecular flexibility index (Phi) is 2.23. The van der Waals surface area contributed by atoms with Crippen LogP contribution in [0.5, 0.6) is 0 Å². The highest BCUT2D eigenvalue weighted by atomic mass is 16.1. The fourth-order valence-corrected chi connectivity index (χ4v) is 4.25. The van der Waals surface area contributed by atoms with Crippen LogP contribution < -0.4 is 0 Å². The van der Waals surface area contributed by atoms with Crippen LogP contribution in [-0.4, -0.2) is 5.78 Å². The SMILES string of the molecule is O=C1CCC2=CC=C3C4=CC=CCC4CCC3C12. The van der Waals surface area contributed by atoms with Gasteiger partial charge >= 0.3 is 0 Å². The monoisotopic (exact) mass is 238 g/mol. The van der Waals surface area contributed by atoms with Gasteiger partial charge in [-0.25, -0.2) is 0 Å². The van der Waals surface area contributed by atoms with Gasteiger partial charge in [0, 0.05) is 12.3 Å². The highest BCUT2D eigenvalue weighted by molar-refractivity contribution is 5.88. The van der Waals surface area contributed by atoms with E-state index in [2.05, 4.69) is 30.4 Å². The van der Waals surface area contributed by atoms with Gasteiger partial charge in [-0.15, -0.1) is 0 Å². The highest BCUT2D eigenvalue weighted by Gasteiger charge is 2.42. The number of Topliss-reactive ketones (excluding diaryl/α,β-unsaturated/α-hetero) is 1.